The predicted octanol–water partition coefficient (Wildman–Crippen LogP) is 4.50. The lowest BCUT2D eigenvalue weighted by Crippen LogP contribution is -1.79. The Labute approximate surface area is 103 Å². The van der Waals surface area contributed by atoms with Crippen LogP contribution in [-0.2, 0) is 0 Å². The first-order valence-electron chi connectivity index (χ1n) is 6.22. The van der Waals surface area contributed by atoms with Crippen LogP contribution in [0, 0.1) is 5.92 Å². The normalized spacial score (nSPS) is 22.8. The maximum absolute atomic E-state index is 2.35. The lowest BCUT2D eigenvalue weighted by molar-refractivity contribution is 1.02. The molecule has 0 N–H and O–H groups in total. The Balaban J connectivity index is 1.65. The van der Waals surface area contributed by atoms with Crippen LogP contribution >= 0.6 is 0 Å². The minimum Gasteiger partial charge on any atom is -0.0802 e. The fourth-order valence-corrected chi connectivity index (χ4v) is 2.31. The zero-order chi connectivity index (χ0) is 11.5. The topological polar surface area (TPSA) is 0 Å². The molecule has 0 heterocycles. The summed E-state index contributed by atoms with van der Waals surface area (Å²) >= 11 is 0. The Morgan fingerprint density at radius 2 is 1.47 bits per heavy atom. The van der Waals surface area contributed by atoms with Crippen LogP contribution in [-0.4, -0.2) is 0 Å². The van der Waals surface area contributed by atoms with Crippen LogP contribution in [0.15, 0.2) is 66.7 Å². The molecule has 3 rings (SSSR count). The number of benzene rings is 2. The van der Waals surface area contributed by atoms with Crippen molar-refractivity contribution >= 4 is 6.08 Å². The molecule has 0 heteroatoms. The van der Waals surface area contributed by atoms with Gasteiger partial charge in [0.15, 0.2) is 0 Å². The first-order chi connectivity index (χ1) is 8.43. The van der Waals surface area contributed by atoms with E-state index < -0.39 is 0 Å². The predicted molar refractivity (Wildman–Crippen MR) is 72.8 cm³/mol. The number of allylic oxidation sites excluding steroid dienone is 1. The zero-order valence-corrected chi connectivity index (χ0v) is 9.79. The minimum absolute atomic E-state index is 0.734. The van der Waals surface area contributed by atoms with Gasteiger partial charge in [0.1, 0.15) is 0 Å². The molecule has 17 heavy (non-hydrogen) atoms. The Hall–Kier alpha value is -1.82. The molecule has 1 fully saturated rings. The highest BCUT2D eigenvalue weighted by atomic mass is 14.4. The van der Waals surface area contributed by atoms with Crippen LogP contribution in [0.5, 0.6) is 0 Å². The van der Waals surface area contributed by atoms with Gasteiger partial charge in [-0.15, -0.1) is 0 Å². The highest BCUT2D eigenvalue weighted by Crippen LogP contribution is 2.48. The summed E-state index contributed by atoms with van der Waals surface area (Å²) in [4.78, 5) is 0. The number of hydrogen-bond acceptors (Lipinski definition) is 0. The van der Waals surface area contributed by atoms with E-state index in [1.54, 1.807) is 0 Å². The molecule has 0 amide bonds. The Bertz CT molecular complexity index is 496. The van der Waals surface area contributed by atoms with Crippen molar-refractivity contribution in [1.29, 1.82) is 0 Å². The first kappa shape index (κ1) is 10.3. The molecule has 0 spiro atoms. The second-order valence-electron chi connectivity index (χ2n) is 4.69. The monoisotopic (exact) mass is 220 g/mol. The van der Waals surface area contributed by atoms with Gasteiger partial charge in [-0.2, -0.15) is 0 Å². The first-order valence-corrected chi connectivity index (χ1v) is 6.22. The van der Waals surface area contributed by atoms with Gasteiger partial charge >= 0.3 is 0 Å². The largest absolute Gasteiger partial charge is 0.0802 e. The van der Waals surface area contributed by atoms with E-state index in [9.17, 15) is 0 Å². The SMILES string of the molecule is C(=C\[C@H]1C[C@@H]1c1ccccc1)/c1ccccc1. The molecule has 0 saturated heterocycles. The third kappa shape index (κ3) is 2.47. The van der Waals surface area contributed by atoms with Gasteiger partial charge in [-0.3, -0.25) is 0 Å². The molecular weight excluding hydrogens is 204 g/mol. The van der Waals surface area contributed by atoms with Crippen LogP contribution in [0.4, 0.5) is 0 Å². The summed E-state index contributed by atoms with van der Waals surface area (Å²) in [6.07, 6.45) is 5.90. The summed E-state index contributed by atoms with van der Waals surface area (Å²) in [5.74, 6) is 1.48. The van der Waals surface area contributed by atoms with Gasteiger partial charge in [0.05, 0.1) is 0 Å². The summed E-state index contributed by atoms with van der Waals surface area (Å²) in [7, 11) is 0. The van der Waals surface area contributed by atoms with Crippen LogP contribution in [0.25, 0.3) is 6.08 Å². The van der Waals surface area contributed by atoms with Gasteiger partial charge in [-0.25, -0.2) is 0 Å². The fourth-order valence-electron chi connectivity index (χ4n) is 2.31. The van der Waals surface area contributed by atoms with Crippen molar-refractivity contribution in [3.05, 3.63) is 77.9 Å². The van der Waals surface area contributed by atoms with Crippen LogP contribution < -0.4 is 0 Å². The molecule has 1 aliphatic carbocycles. The lowest BCUT2D eigenvalue weighted by atomic mass is 10.1. The highest BCUT2D eigenvalue weighted by Gasteiger charge is 2.35. The van der Waals surface area contributed by atoms with Crippen molar-refractivity contribution < 1.29 is 0 Å². The van der Waals surface area contributed by atoms with Gasteiger partial charge in [0, 0.05) is 0 Å². The van der Waals surface area contributed by atoms with E-state index in [0.717, 1.165) is 11.8 Å². The van der Waals surface area contributed by atoms with Gasteiger partial charge in [-0.05, 0) is 29.4 Å². The third-order valence-corrected chi connectivity index (χ3v) is 3.40. The van der Waals surface area contributed by atoms with E-state index in [1.807, 2.05) is 0 Å². The molecule has 0 aromatic heterocycles. The second-order valence-corrected chi connectivity index (χ2v) is 4.69. The Morgan fingerprint density at radius 1 is 0.824 bits per heavy atom. The van der Waals surface area contributed by atoms with Crippen molar-refractivity contribution in [1.82, 2.24) is 0 Å². The van der Waals surface area contributed by atoms with E-state index >= 15 is 0 Å². The molecule has 0 bridgehead atoms. The van der Waals surface area contributed by atoms with Crippen LogP contribution in [0.1, 0.15) is 23.5 Å². The van der Waals surface area contributed by atoms with Crippen molar-refractivity contribution in [3.63, 3.8) is 0 Å². The standard InChI is InChI=1S/C17H16/c1-3-7-14(8-4-1)11-12-16-13-17(16)15-9-5-2-6-10-15/h1-12,16-17H,13H2/b12-11+/t16-,17+/m0/s1. The Kier molecular flexibility index (Phi) is 2.79. The smallest absolute Gasteiger partial charge is 0.00929 e. The molecule has 0 nitrogen and oxygen atoms in total. The van der Waals surface area contributed by atoms with E-state index in [2.05, 4.69) is 72.8 Å². The third-order valence-electron chi connectivity index (χ3n) is 3.40. The van der Waals surface area contributed by atoms with E-state index in [0.29, 0.717) is 0 Å². The molecule has 2 aromatic rings. The summed E-state index contributed by atoms with van der Waals surface area (Å²) in [6.45, 7) is 0. The average Bonchev–Trinajstić information content (AvgIpc) is 3.18. The van der Waals surface area contributed by atoms with Gasteiger partial charge in [0.25, 0.3) is 0 Å². The maximum atomic E-state index is 2.35. The molecule has 0 aliphatic heterocycles. The van der Waals surface area contributed by atoms with Crippen molar-refractivity contribution in [2.75, 3.05) is 0 Å². The Morgan fingerprint density at radius 3 is 2.18 bits per heavy atom. The van der Waals surface area contributed by atoms with Crippen molar-refractivity contribution in [2.24, 2.45) is 5.92 Å². The number of hydrogen-bond donors (Lipinski definition) is 0. The molecule has 1 aliphatic rings. The average molecular weight is 220 g/mol. The summed E-state index contributed by atoms with van der Waals surface area (Å²) in [5, 5.41) is 0. The molecule has 0 radical (unpaired) electrons. The number of rotatable bonds is 3. The van der Waals surface area contributed by atoms with Crippen LogP contribution in [0.2, 0.25) is 0 Å². The summed E-state index contributed by atoms with van der Waals surface area (Å²) in [6, 6.07) is 21.3. The highest BCUT2D eigenvalue weighted by molar-refractivity contribution is 5.50. The maximum Gasteiger partial charge on any atom is -0.00929 e. The molecule has 2 aromatic carbocycles. The van der Waals surface area contributed by atoms with Crippen molar-refractivity contribution in [3.8, 4) is 0 Å². The fraction of sp³-hybridized carbons (Fsp3) is 0.176. The molecule has 1 saturated carbocycles. The zero-order valence-electron chi connectivity index (χ0n) is 9.79. The van der Waals surface area contributed by atoms with E-state index in [-0.39, 0.29) is 0 Å². The molecule has 84 valence electrons. The van der Waals surface area contributed by atoms with Crippen molar-refractivity contribution in [2.45, 2.75) is 12.3 Å². The second kappa shape index (κ2) is 4.58. The van der Waals surface area contributed by atoms with E-state index in [1.165, 1.54) is 17.5 Å². The molecular formula is C17H16. The molecule has 0 unspecified atom stereocenters. The summed E-state index contributed by atoms with van der Waals surface area (Å²) in [5.41, 5.74) is 2.78. The van der Waals surface area contributed by atoms with Gasteiger partial charge in [0.2, 0.25) is 0 Å². The lowest BCUT2D eigenvalue weighted by Gasteiger charge is -1.96. The van der Waals surface area contributed by atoms with Gasteiger partial charge in [-0.1, -0.05) is 72.8 Å². The molecule has 2 atom stereocenters. The summed E-state index contributed by atoms with van der Waals surface area (Å²) < 4.78 is 0. The van der Waals surface area contributed by atoms with E-state index in [4.69, 9.17) is 0 Å². The van der Waals surface area contributed by atoms with Gasteiger partial charge < -0.3 is 0 Å². The quantitative estimate of drug-likeness (QED) is 0.714. The minimum atomic E-state index is 0.734. The van der Waals surface area contributed by atoms with Crippen LogP contribution in [0.3, 0.4) is 0 Å².